The van der Waals surface area contributed by atoms with Crippen LogP contribution in [-0.4, -0.2) is 35.0 Å². The fourth-order valence-electron chi connectivity index (χ4n) is 3.27. The van der Waals surface area contributed by atoms with Crippen molar-refractivity contribution in [1.82, 2.24) is 10.6 Å². The minimum atomic E-state index is -1.09. The van der Waals surface area contributed by atoms with Crippen molar-refractivity contribution in [3.63, 3.8) is 0 Å². The first-order chi connectivity index (χ1) is 14.5. The van der Waals surface area contributed by atoms with E-state index in [-0.39, 0.29) is 11.8 Å². The molecule has 6 nitrogen and oxygen atoms in total. The predicted molar refractivity (Wildman–Crippen MR) is 116 cm³/mol. The van der Waals surface area contributed by atoms with Crippen molar-refractivity contribution >= 4 is 29.1 Å². The first-order valence-electron chi connectivity index (χ1n) is 9.77. The second kappa shape index (κ2) is 10.5. The van der Waals surface area contributed by atoms with Crippen LogP contribution in [-0.2, 0) is 16.0 Å². The quantitative estimate of drug-likeness (QED) is 0.576. The lowest BCUT2D eigenvalue weighted by Gasteiger charge is -2.23. The van der Waals surface area contributed by atoms with E-state index in [0.717, 1.165) is 11.3 Å². The highest BCUT2D eigenvalue weighted by atomic mass is 32.1. The molecule has 3 rings (SSSR count). The summed E-state index contributed by atoms with van der Waals surface area (Å²) in [6, 6.07) is 10.5. The molecular weight excluding hydrogens is 400 g/mol. The Balaban J connectivity index is 1.71. The standard InChI is InChI=1S/C23H24N2O4S/c26-21(17-10-5-2-6-11-17)24-19(15-18-12-7-13-30-18)22(27)25-20(23(28)29)14-16-8-3-1-4-9-16/h1-8,10-13,16,19-20H,9,14-15H2,(H,24,26)(H,25,27)(H,28,29)/t16?,19-,20-/m0/s1. The van der Waals surface area contributed by atoms with Crippen LogP contribution in [0.1, 0.15) is 28.1 Å². The number of thiophene rings is 1. The monoisotopic (exact) mass is 424 g/mol. The van der Waals surface area contributed by atoms with E-state index in [4.69, 9.17) is 0 Å². The zero-order chi connectivity index (χ0) is 21.3. The Kier molecular flexibility index (Phi) is 7.57. The van der Waals surface area contributed by atoms with Crippen molar-refractivity contribution in [2.75, 3.05) is 0 Å². The van der Waals surface area contributed by atoms with Gasteiger partial charge < -0.3 is 15.7 Å². The Morgan fingerprint density at radius 1 is 1.03 bits per heavy atom. The fraction of sp³-hybridized carbons (Fsp3) is 0.261. The number of hydrogen-bond donors (Lipinski definition) is 3. The van der Waals surface area contributed by atoms with Crippen molar-refractivity contribution in [1.29, 1.82) is 0 Å². The molecule has 0 fully saturated rings. The van der Waals surface area contributed by atoms with Gasteiger partial charge >= 0.3 is 5.97 Å². The van der Waals surface area contributed by atoms with Gasteiger partial charge in [-0.15, -0.1) is 11.3 Å². The number of carboxylic acids is 1. The van der Waals surface area contributed by atoms with Crippen LogP contribution in [0.25, 0.3) is 0 Å². The number of aliphatic carboxylic acids is 1. The molecule has 1 aliphatic carbocycles. The summed E-state index contributed by atoms with van der Waals surface area (Å²) < 4.78 is 0. The van der Waals surface area contributed by atoms with Crippen molar-refractivity contribution in [3.8, 4) is 0 Å². The second-order valence-electron chi connectivity index (χ2n) is 7.12. The summed E-state index contributed by atoms with van der Waals surface area (Å²) in [6.45, 7) is 0. The Hall–Kier alpha value is -3.19. The van der Waals surface area contributed by atoms with Crippen LogP contribution in [0.5, 0.6) is 0 Å². The summed E-state index contributed by atoms with van der Waals surface area (Å²) in [5.74, 6) is -1.92. The number of carbonyl (C=O) groups is 3. The molecule has 1 aliphatic rings. The van der Waals surface area contributed by atoms with Crippen LogP contribution in [0.15, 0.2) is 72.1 Å². The van der Waals surface area contributed by atoms with Gasteiger partial charge in [0.1, 0.15) is 12.1 Å². The zero-order valence-corrected chi connectivity index (χ0v) is 17.2. The molecule has 7 heteroatoms. The molecule has 0 radical (unpaired) electrons. The van der Waals surface area contributed by atoms with E-state index in [1.807, 2.05) is 41.8 Å². The zero-order valence-electron chi connectivity index (χ0n) is 16.4. The number of carbonyl (C=O) groups excluding carboxylic acids is 2. The van der Waals surface area contributed by atoms with Crippen LogP contribution < -0.4 is 10.6 Å². The topological polar surface area (TPSA) is 95.5 Å². The number of benzene rings is 1. The van der Waals surface area contributed by atoms with E-state index in [1.54, 1.807) is 30.3 Å². The highest BCUT2D eigenvalue weighted by molar-refractivity contribution is 7.09. The van der Waals surface area contributed by atoms with Gasteiger partial charge in [0.05, 0.1) is 0 Å². The Morgan fingerprint density at radius 2 is 1.83 bits per heavy atom. The second-order valence-corrected chi connectivity index (χ2v) is 8.15. The molecule has 1 unspecified atom stereocenters. The molecule has 1 heterocycles. The number of rotatable bonds is 9. The molecule has 156 valence electrons. The highest BCUT2D eigenvalue weighted by Gasteiger charge is 2.28. The van der Waals surface area contributed by atoms with Crippen LogP contribution in [0.4, 0.5) is 0 Å². The molecule has 0 saturated carbocycles. The molecule has 2 amide bonds. The van der Waals surface area contributed by atoms with Gasteiger partial charge in [-0.2, -0.15) is 0 Å². The maximum Gasteiger partial charge on any atom is 0.326 e. The van der Waals surface area contributed by atoms with Crippen molar-refractivity contribution < 1.29 is 19.5 Å². The predicted octanol–water partition coefficient (Wildman–Crippen LogP) is 3.18. The minimum Gasteiger partial charge on any atom is -0.480 e. The molecule has 2 aromatic rings. The average Bonchev–Trinajstić information content (AvgIpc) is 3.27. The molecule has 0 bridgehead atoms. The maximum atomic E-state index is 13.0. The number of carboxylic acid groups (broad SMARTS) is 1. The average molecular weight is 425 g/mol. The first-order valence-corrected chi connectivity index (χ1v) is 10.7. The molecule has 1 aromatic heterocycles. The summed E-state index contributed by atoms with van der Waals surface area (Å²) in [7, 11) is 0. The van der Waals surface area contributed by atoms with E-state index in [0.29, 0.717) is 18.4 Å². The third-order valence-electron chi connectivity index (χ3n) is 4.87. The summed E-state index contributed by atoms with van der Waals surface area (Å²) in [5, 5.41) is 16.9. The SMILES string of the molecule is O=C(N[C@@H](Cc1cccs1)C(=O)N[C@@H](CC1C=CC=CC1)C(=O)O)c1ccccc1. The van der Waals surface area contributed by atoms with Crippen molar-refractivity contribution in [3.05, 3.63) is 82.6 Å². The van der Waals surface area contributed by atoms with Crippen LogP contribution in [0, 0.1) is 5.92 Å². The molecule has 0 spiro atoms. The van der Waals surface area contributed by atoms with Crippen molar-refractivity contribution in [2.45, 2.75) is 31.3 Å². The van der Waals surface area contributed by atoms with Crippen LogP contribution >= 0.6 is 11.3 Å². The minimum absolute atomic E-state index is 0.0473. The van der Waals surface area contributed by atoms with Crippen molar-refractivity contribution in [2.24, 2.45) is 5.92 Å². The maximum absolute atomic E-state index is 13.0. The lowest BCUT2D eigenvalue weighted by atomic mass is 9.93. The van der Waals surface area contributed by atoms with Gasteiger partial charge in [-0.3, -0.25) is 9.59 Å². The highest BCUT2D eigenvalue weighted by Crippen LogP contribution is 2.18. The third kappa shape index (κ3) is 6.15. The first kappa shape index (κ1) is 21.5. The van der Waals surface area contributed by atoms with E-state index in [9.17, 15) is 19.5 Å². The van der Waals surface area contributed by atoms with E-state index >= 15 is 0 Å². The summed E-state index contributed by atoms with van der Waals surface area (Å²) in [6.07, 6.45) is 9.04. The summed E-state index contributed by atoms with van der Waals surface area (Å²) >= 11 is 1.48. The Morgan fingerprint density at radius 3 is 2.47 bits per heavy atom. The van der Waals surface area contributed by atoms with E-state index in [2.05, 4.69) is 10.6 Å². The molecule has 0 saturated heterocycles. The van der Waals surface area contributed by atoms with Gasteiger partial charge in [-0.25, -0.2) is 4.79 Å². The van der Waals surface area contributed by atoms with E-state index in [1.165, 1.54) is 11.3 Å². The number of amides is 2. The summed E-state index contributed by atoms with van der Waals surface area (Å²) in [4.78, 5) is 38.3. The molecule has 3 N–H and O–H groups in total. The molecule has 3 atom stereocenters. The fourth-order valence-corrected chi connectivity index (χ4v) is 4.03. The molecule has 1 aromatic carbocycles. The van der Waals surface area contributed by atoms with Crippen LogP contribution in [0.2, 0.25) is 0 Å². The molecule has 30 heavy (non-hydrogen) atoms. The lowest BCUT2D eigenvalue weighted by molar-refractivity contribution is -0.142. The van der Waals surface area contributed by atoms with Gasteiger partial charge in [0.2, 0.25) is 5.91 Å². The van der Waals surface area contributed by atoms with Gasteiger partial charge in [0.15, 0.2) is 0 Å². The van der Waals surface area contributed by atoms with Crippen LogP contribution in [0.3, 0.4) is 0 Å². The van der Waals surface area contributed by atoms with Gasteiger partial charge in [-0.05, 0) is 42.3 Å². The van der Waals surface area contributed by atoms with Gasteiger partial charge in [0, 0.05) is 16.9 Å². The smallest absolute Gasteiger partial charge is 0.326 e. The molecule has 0 aliphatic heterocycles. The third-order valence-corrected chi connectivity index (χ3v) is 5.76. The number of hydrogen-bond acceptors (Lipinski definition) is 4. The Labute approximate surface area is 179 Å². The van der Waals surface area contributed by atoms with E-state index < -0.39 is 24.0 Å². The Bertz CT molecular complexity index is 922. The molecular formula is C23H24N2O4S. The number of allylic oxidation sites excluding steroid dienone is 4. The van der Waals surface area contributed by atoms with Gasteiger partial charge in [-0.1, -0.05) is 48.6 Å². The lowest BCUT2D eigenvalue weighted by Crippen LogP contribution is -2.52. The largest absolute Gasteiger partial charge is 0.480 e. The summed E-state index contributed by atoms with van der Waals surface area (Å²) in [5.41, 5.74) is 0.440. The number of nitrogens with one attached hydrogen (secondary N) is 2. The normalized spacial score (nSPS) is 17.1. The van der Waals surface area contributed by atoms with Gasteiger partial charge in [0.25, 0.3) is 5.91 Å².